The molecule has 1 aliphatic heterocycles. The zero-order valence-corrected chi connectivity index (χ0v) is 20.9. The van der Waals surface area contributed by atoms with Gasteiger partial charge < -0.3 is 4.57 Å². The second-order valence-corrected chi connectivity index (χ2v) is 9.58. The number of nitrogens with zero attached hydrogens (tertiary/aromatic N) is 5. The van der Waals surface area contributed by atoms with Gasteiger partial charge in [-0.25, -0.2) is 9.97 Å². The number of rotatable bonds is 6. The van der Waals surface area contributed by atoms with Crippen molar-refractivity contribution < 1.29 is 0 Å². The minimum atomic E-state index is -0.223. The fourth-order valence-corrected chi connectivity index (χ4v) is 5.31. The van der Waals surface area contributed by atoms with Crippen LogP contribution in [0, 0.1) is 6.92 Å². The summed E-state index contributed by atoms with van der Waals surface area (Å²) in [6.45, 7) is 4.22. The van der Waals surface area contributed by atoms with E-state index in [1.54, 1.807) is 12.5 Å². The van der Waals surface area contributed by atoms with Crippen LogP contribution in [-0.2, 0) is 19.5 Å². The summed E-state index contributed by atoms with van der Waals surface area (Å²) in [4.78, 5) is 25.5. The van der Waals surface area contributed by atoms with E-state index in [0.29, 0.717) is 6.54 Å². The Labute approximate surface area is 216 Å². The summed E-state index contributed by atoms with van der Waals surface area (Å²) >= 11 is 0. The quantitative estimate of drug-likeness (QED) is 0.341. The molecule has 0 saturated heterocycles. The molecule has 0 N–H and O–H groups in total. The molecule has 0 aliphatic carbocycles. The van der Waals surface area contributed by atoms with Crippen LogP contribution in [0.15, 0.2) is 108 Å². The number of hydrogen-bond acceptors (Lipinski definition) is 4. The largest absolute Gasteiger partial charge is 0.306 e. The van der Waals surface area contributed by atoms with Gasteiger partial charge in [-0.3, -0.25) is 14.3 Å². The number of imidazole rings is 1. The van der Waals surface area contributed by atoms with Crippen LogP contribution in [-0.4, -0.2) is 30.5 Å². The van der Waals surface area contributed by atoms with Gasteiger partial charge in [0, 0.05) is 44.1 Å². The predicted octanol–water partition coefficient (Wildman–Crippen LogP) is 4.93. The van der Waals surface area contributed by atoms with Crippen LogP contribution in [0.3, 0.4) is 0 Å². The van der Waals surface area contributed by atoms with Crippen LogP contribution in [0.5, 0.6) is 0 Å². The van der Waals surface area contributed by atoms with E-state index in [0.717, 1.165) is 53.4 Å². The normalized spacial score (nSPS) is 13.6. The van der Waals surface area contributed by atoms with Gasteiger partial charge in [0.1, 0.15) is 5.82 Å². The third-order valence-corrected chi connectivity index (χ3v) is 7.15. The molecule has 0 saturated carbocycles. The van der Waals surface area contributed by atoms with Crippen molar-refractivity contribution >= 4 is 0 Å². The van der Waals surface area contributed by atoms with Crippen LogP contribution in [0.25, 0.3) is 5.69 Å². The fraction of sp³-hybridized carbons (Fsp3) is 0.194. The van der Waals surface area contributed by atoms with Gasteiger partial charge in [0.2, 0.25) is 0 Å². The average Bonchev–Trinajstić information content (AvgIpc) is 3.48. The van der Waals surface area contributed by atoms with Crippen molar-refractivity contribution in [2.75, 3.05) is 6.54 Å². The second-order valence-electron chi connectivity index (χ2n) is 9.58. The molecule has 6 heteroatoms. The van der Waals surface area contributed by atoms with Crippen LogP contribution < -0.4 is 5.56 Å². The molecule has 0 amide bonds. The Kier molecular flexibility index (Phi) is 6.25. The topological polar surface area (TPSA) is 56.0 Å². The minimum Gasteiger partial charge on any atom is -0.306 e. The van der Waals surface area contributed by atoms with E-state index in [9.17, 15) is 4.79 Å². The highest BCUT2D eigenvalue weighted by atomic mass is 16.1. The van der Waals surface area contributed by atoms with Crippen LogP contribution in [0.1, 0.15) is 39.8 Å². The average molecular weight is 488 g/mol. The molecule has 6 nitrogen and oxygen atoms in total. The van der Waals surface area contributed by atoms with E-state index >= 15 is 0 Å². The van der Waals surface area contributed by atoms with Crippen molar-refractivity contribution in [2.45, 2.75) is 32.5 Å². The van der Waals surface area contributed by atoms with Crippen molar-refractivity contribution in [3.63, 3.8) is 0 Å². The summed E-state index contributed by atoms with van der Waals surface area (Å²) in [5.74, 6) is 0.755. The van der Waals surface area contributed by atoms with Gasteiger partial charge in [-0.2, -0.15) is 0 Å². The van der Waals surface area contributed by atoms with Crippen LogP contribution >= 0.6 is 0 Å². The zero-order chi connectivity index (χ0) is 25.2. The fourth-order valence-electron chi connectivity index (χ4n) is 5.31. The minimum absolute atomic E-state index is 0.0559. The molecular weight excluding hydrogens is 458 g/mol. The second kappa shape index (κ2) is 9.99. The van der Waals surface area contributed by atoms with Crippen LogP contribution in [0.2, 0.25) is 0 Å². The molecule has 0 radical (unpaired) electrons. The molecule has 37 heavy (non-hydrogen) atoms. The first-order valence-corrected chi connectivity index (χ1v) is 12.7. The van der Waals surface area contributed by atoms with Gasteiger partial charge in [-0.05, 0) is 35.7 Å². The van der Waals surface area contributed by atoms with E-state index in [4.69, 9.17) is 4.98 Å². The summed E-state index contributed by atoms with van der Waals surface area (Å²) in [5, 5.41) is 0. The molecule has 3 heterocycles. The van der Waals surface area contributed by atoms with Crippen molar-refractivity contribution in [1.82, 2.24) is 24.0 Å². The van der Waals surface area contributed by atoms with Crippen LogP contribution in [0.4, 0.5) is 0 Å². The lowest BCUT2D eigenvalue weighted by molar-refractivity contribution is 0.240. The molecule has 0 unspecified atom stereocenters. The zero-order valence-electron chi connectivity index (χ0n) is 20.9. The maximum Gasteiger partial charge on any atom is 0.259 e. The first-order valence-electron chi connectivity index (χ1n) is 12.7. The highest BCUT2D eigenvalue weighted by Crippen LogP contribution is 2.27. The lowest BCUT2D eigenvalue weighted by atomic mass is 9.97. The molecule has 0 bridgehead atoms. The first-order chi connectivity index (χ1) is 18.2. The Balaban J connectivity index is 1.32. The van der Waals surface area contributed by atoms with E-state index < -0.39 is 0 Å². The van der Waals surface area contributed by atoms with E-state index in [-0.39, 0.29) is 11.6 Å². The van der Waals surface area contributed by atoms with Crippen molar-refractivity contribution in [3.8, 4) is 5.69 Å². The van der Waals surface area contributed by atoms with Gasteiger partial charge in [0.25, 0.3) is 5.56 Å². The molecule has 0 spiro atoms. The van der Waals surface area contributed by atoms with Gasteiger partial charge in [-0.1, -0.05) is 72.8 Å². The van der Waals surface area contributed by atoms with Crippen molar-refractivity contribution in [1.29, 1.82) is 0 Å². The number of aryl methyl sites for hydroxylation is 1. The van der Waals surface area contributed by atoms with E-state index in [1.165, 1.54) is 5.56 Å². The lowest BCUT2D eigenvalue weighted by Crippen LogP contribution is -2.40. The molecule has 3 aromatic carbocycles. The molecule has 6 rings (SSSR count). The standard InChI is InChI=1S/C31H29N5O/c1-23-33-29-16-18-34(20-24-12-14-27(15-13-24)35-19-17-32-22-35)21-28(29)31(37)36(23)30(25-8-4-2-5-9-25)26-10-6-3-7-11-26/h2-15,17,19,22,30H,16,18,20-21H2,1H3. The summed E-state index contributed by atoms with van der Waals surface area (Å²) in [6.07, 6.45) is 6.30. The Hall–Kier alpha value is -4.29. The first kappa shape index (κ1) is 23.1. The SMILES string of the molecule is Cc1nc2c(c(=O)n1C(c1ccccc1)c1ccccc1)CN(Cc1ccc(-n3ccnc3)cc1)CC2. The van der Waals surface area contributed by atoms with Gasteiger partial charge in [-0.15, -0.1) is 0 Å². The maximum absolute atomic E-state index is 14.1. The maximum atomic E-state index is 14.1. The van der Waals surface area contributed by atoms with Crippen molar-refractivity contribution in [2.24, 2.45) is 0 Å². The predicted molar refractivity (Wildman–Crippen MR) is 145 cm³/mol. The molecule has 184 valence electrons. The monoisotopic (exact) mass is 487 g/mol. The number of hydrogen-bond donors (Lipinski definition) is 0. The molecule has 0 atom stereocenters. The summed E-state index contributed by atoms with van der Waals surface area (Å²) in [6, 6.07) is 28.8. The number of benzene rings is 3. The van der Waals surface area contributed by atoms with Gasteiger partial charge in [0.05, 0.1) is 23.6 Å². The Morgan fingerprint density at radius 3 is 2.19 bits per heavy atom. The highest BCUT2D eigenvalue weighted by molar-refractivity contribution is 5.36. The molecule has 1 aliphatic rings. The third kappa shape index (κ3) is 4.63. The Morgan fingerprint density at radius 1 is 0.892 bits per heavy atom. The van der Waals surface area contributed by atoms with Gasteiger partial charge in [0.15, 0.2) is 0 Å². The lowest BCUT2D eigenvalue weighted by Gasteiger charge is -2.30. The molecule has 5 aromatic rings. The number of aromatic nitrogens is 4. The number of fused-ring (bicyclic) bond motifs is 1. The Bertz CT molecular complexity index is 1500. The molecular formula is C31H29N5O. The third-order valence-electron chi connectivity index (χ3n) is 7.15. The molecule has 2 aromatic heterocycles. The smallest absolute Gasteiger partial charge is 0.259 e. The van der Waals surface area contributed by atoms with E-state index in [2.05, 4.69) is 58.4 Å². The van der Waals surface area contributed by atoms with Crippen molar-refractivity contribution in [3.05, 3.63) is 148 Å². The molecule has 0 fully saturated rings. The summed E-state index contributed by atoms with van der Waals surface area (Å²) in [7, 11) is 0. The highest BCUT2D eigenvalue weighted by Gasteiger charge is 2.27. The van der Waals surface area contributed by atoms with Gasteiger partial charge >= 0.3 is 0 Å². The van der Waals surface area contributed by atoms with E-state index in [1.807, 2.05) is 58.7 Å². The summed E-state index contributed by atoms with van der Waals surface area (Å²) in [5.41, 5.74) is 6.26. The summed E-state index contributed by atoms with van der Waals surface area (Å²) < 4.78 is 3.88. The Morgan fingerprint density at radius 2 is 1.57 bits per heavy atom.